The maximum absolute atomic E-state index is 11.6. The fraction of sp³-hybridized carbons (Fsp3) is 0.286. The van der Waals surface area contributed by atoms with Crippen LogP contribution in [-0.2, 0) is 11.2 Å². The molecule has 114 valence electrons. The Morgan fingerprint density at radius 3 is 2.86 bits per heavy atom. The highest BCUT2D eigenvalue weighted by molar-refractivity contribution is 7.15. The summed E-state index contributed by atoms with van der Waals surface area (Å²) < 4.78 is 0. The lowest BCUT2D eigenvalue weighted by atomic mass is 10.1. The minimum absolute atomic E-state index is 0. The van der Waals surface area contributed by atoms with Gasteiger partial charge in [0.05, 0.1) is 0 Å². The van der Waals surface area contributed by atoms with Gasteiger partial charge in [-0.15, -0.1) is 23.7 Å². The van der Waals surface area contributed by atoms with Crippen LogP contribution in [0.5, 0.6) is 0 Å². The van der Waals surface area contributed by atoms with Crippen molar-refractivity contribution in [3.63, 3.8) is 0 Å². The Kier molecular flexibility index (Phi) is 7.67. The van der Waals surface area contributed by atoms with Gasteiger partial charge in [-0.3, -0.25) is 4.79 Å². The third-order valence-electron chi connectivity index (χ3n) is 2.72. The summed E-state index contributed by atoms with van der Waals surface area (Å²) in [6.45, 7) is 0.656. The summed E-state index contributed by atoms with van der Waals surface area (Å²) in [5, 5.41) is 7.11. The van der Waals surface area contributed by atoms with Crippen molar-refractivity contribution in [2.45, 2.75) is 12.8 Å². The summed E-state index contributed by atoms with van der Waals surface area (Å²) in [6, 6.07) is 7.74. The molecule has 4 nitrogen and oxygen atoms in total. The van der Waals surface area contributed by atoms with E-state index < -0.39 is 0 Å². The average Bonchev–Trinajstić information content (AvgIpc) is 2.86. The molecule has 1 aromatic heterocycles. The van der Waals surface area contributed by atoms with E-state index in [4.69, 9.17) is 11.6 Å². The molecule has 2 aromatic rings. The maximum atomic E-state index is 11.6. The van der Waals surface area contributed by atoms with Crippen molar-refractivity contribution < 1.29 is 4.79 Å². The van der Waals surface area contributed by atoms with Crippen molar-refractivity contribution in [3.05, 3.63) is 45.9 Å². The third-order valence-corrected chi connectivity index (χ3v) is 4.01. The van der Waals surface area contributed by atoms with Gasteiger partial charge in [-0.25, -0.2) is 4.98 Å². The standard InChI is InChI=1S/C14H16ClN3OS.ClH/c1-16-7-6-13(19)18-14-17-9-11(20-14)8-10-4-2-3-5-12(10)15;/h2-5,9,16H,6-8H2,1H3,(H,17,18,19);1H. The van der Waals surface area contributed by atoms with Crippen LogP contribution in [0.2, 0.25) is 5.02 Å². The summed E-state index contributed by atoms with van der Waals surface area (Å²) in [4.78, 5) is 16.9. The smallest absolute Gasteiger partial charge is 0.227 e. The predicted molar refractivity (Wildman–Crippen MR) is 90.8 cm³/mol. The summed E-state index contributed by atoms with van der Waals surface area (Å²) in [5.74, 6) is -0.0296. The number of carbonyl (C=O) groups is 1. The van der Waals surface area contributed by atoms with Gasteiger partial charge in [0.2, 0.25) is 5.91 Å². The zero-order chi connectivity index (χ0) is 14.4. The van der Waals surface area contributed by atoms with Crippen LogP contribution in [0.3, 0.4) is 0 Å². The average molecular weight is 346 g/mol. The molecule has 0 atom stereocenters. The lowest BCUT2D eigenvalue weighted by molar-refractivity contribution is -0.116. The number of hydrogen-bond donors (Lipinski definition) is 2. The Balaban J connectivity index is 0.00000220. The van der Waals surface area contributed by atoms with Gasteiger partial charge in [0.1, 0.15) is 0 Å². The molecule has 0 aliphatic rings. The van der Waals surface area contributed by atoms with E-state index in [-0.39, 0.29) is 18.3 Å². The Labute approximate surface area is 139 Å². The highest BCUT2D eigenvalue weighted by Gasteiger charge is 2.08. The first-order chi connectivity index (χ1) is 9.69. The van der Waals surface area contributed by atoms with Crippen LogP contribution in [0.1, 0.15) is 16.9 Å². The largest absolute Gasteiger partial charge is 0.319 e. The molecule has 0 aliphatic carbocycles. The van der Waals surface area contributed by atoms with Crippen molar-refractivity contribution in [3.8, 4) is 0 Å². The van der Waals surface area contributed by atoms with Crippen LogP contribution in [0.25, 0.3) is 0 Å². The van der Waals surface area contributed by atoms with E-state index in [1.165, 1.54) is 11.3 Å². The van der Waals surface area contributed by atoms with E-state index in [0.717, 1.165) is 21.9 Å². The molecule has 1 amide bonds. The van der Waals surface area contributed by atoms with E-state index in [1.807, 2.05) is 31.3 Å². The number of aromatic nitrogens is 1. The molecule has 0 spiro atoms. The molecule has 0 radical (unpaired) electrons. The third kappa shape index (κ3) is 5.63. The van der Waals surface area contributed by atoms with Crippen molar-refractivity contribution in [1.82, 2.24) is 10.3 Å². The molecular formula is C14H17Cl2N3OS. The van der Waals surface area contributed by atoms with Crippen molar-refractivity contribution in [2.75, 3.05) is 18.9 Å². The lowest BCUT2D eigenvalue weighted by Gasteiger charge is -2.01. The van der Waals surface area contributed by atoms with E-state index in [0.29, 0.717) is 18.1 Å². The second-order valence-electron chi connectivity index (χ2n) is 4.30. The summed E-state index contributed by atoms with van der Waals surface area (Å²) in [6.07, 6.45) is 2.95. The number of carbonyl (C=O) groups excluding carboxylic acids is 1. The van der Waals surface area contributed by atoms with Crippen molar-refractivity contribution >= 4 is 46.4 Å². The van der Waals surface area contributed by atoms with Crippen LogP contribution in [-0.4, -0.2) is 24.5 Å². The van der Waals surface area contributed by atoms with Crippen molar-refractivity contribution in [1.29, 1.82) is 0 Å². The van der Waals surface area contributed by atoms with Crippen LogP contribution in [0.4, 0.5) is 5.13 Å². The van der Waals surface area contributed by atoms with Crippen LogP contribution < -0.4 is 10.6 Å². The van der Waals surface area contributed by atoms with Gasteiger partial charge >= 0.3 is 0 Å². The molecule has 2 N–H and O–H groups in total. The van der Waals surface area contributed by atoms with Gasteiger partial charge in [-0.2, -0.15) is 0 Å². The molecule has 1 aromatic carbocycles. The van der Waals surface area contributed by atoms with E-state index in [1.54, 1.807) is 6.20 Å². The molecule has 1 heterocycles. The van der Waals surface area contributed by atoms with Crippen LogP contribution >= 0.6 is 35.3 Å². The quantitative estimate of drug-likeness (QED) is 0.843. The Morgan fingerprint density at radius 1 is 1.38 bits per heavy atom. The van der Waals surface area contributed by atoms with E-state index >= 15 is 0 Å². The predicted octanol–water partition coefficient (Wildman–Crippen LogP) is 3.36. The summed E-state index contributed by atoms with van der Waals surface area (Å²) in [5.41, 5.74) is 1.06. The number of nitrogens with one attached hydrogen (secondary N) is 2. The molecule has 0 aliphatic heterocycles. The number of anilines is 1. The first kappa shape index (κ1) is 17.9. The number of halogens is 2. The Hall–Kier alpha value is -1.14. The minimum atomic E-state index is -0.0296. The number of benzene rings is 1. The zero-order valence-electron chi connectivity index (χ0n) is 11.6. The molecule has 0 saturated heterocycles. The monoisotopic (exact) mass is 345 g/mol. The Morgan fingerprint density at radius 2 is 2.14 bits per heavy atom. The van der Waals surface area contributed by atoms with Crippen molar-refractivity contribution in [2.24, 2.45) is 0 Å². The second kappa shape index (κ2) is 9.00. The Bertz CT molecular complexity index is 589. The number of hydrogen-bond acceptors (Lipinski definition) is 4. The van der Waals surface area contributed by atoms with Crippen LogP contribution in [0.15, 0.2) is 30.5 Å². The van der Waals surface area contributed by atoms with Gasteiger partial charge in [0.25, 0.3) is 0 Å². The van der Waals surface area contributed by atoms with Gasteiger partial charge in [-0.1, -0.05) is 29.8 Å². The van der Waals surface area contributed by atoms with E-state index in [9.17, 15) is 4.79 Å². The SMILES string of the molecule is CNCCC(=O)Nc1ncc(Cc2ccccc2Cl)s1.Cl. The minimum Gasteiger partial charge on any atom is -0.319 e. The highest BCUT2D eigenvalue weighted by Crippen LogP contribution is 2.24. The fourth-order valence-electron chi connectivity index (χ4n) is 1.70. The number of amides is 1. The molecular weight excluding hydrogens is 329 g/mol. The van der Waals surface area contributed by atoms with Gasteiger partial charge in [-0.05, 0) is 18.7 Å². The number of nitrogens with zero attached hydrogens (tertiary/aromatic N) is 1. The lowest BCUT2D eigenvalue weighted by Crippen LogP contribution is -2.18. The summed E-state index contributed by atoms with van der Waals surface area (Å²) in [7, 11) is 1.82. The normalized spacial score (nSPS) is 10.0. The molecule has 21 heavy (non-hydrogen) atoms. The highest BCUT2D eigenvalue weighted by atomic mass is 35.5. The molecule has 7 heteroatoms. The number of thiazole rings is 1. The van der Waals surface area contributed by atoms with E-state index in [2.05, 4.69) is 15.6 Å². The van der Waals surface area contributed by atoms with Crippen LogP contribution in [0, 0.1) is 0 Å². The molecule has 2 rings (SSSR count). The number of rotatable bonds is 6. The molecule has 0 saturated carbocycles. The topological polar surface area (TPSA) is 54.0 Å². The molecule has 0 unspecified atom stereocenters. The summed E-state index contributed by atoms with van der Waals surface area (Å²) >= 11 is 7.61. The second-order valence-corrected chi connectivity index (χ2v) is 5.82. The molecule has 0 bridgehead atoms. The van der Waals surface area contributed by atoms with Gasteiger partial charge < -0.3 is 10.6 Å². The van der Waals surface area contributed by atoms with Gasteiger partial charge in [0, 0.05) is 35.5 Å². The maximum Gasteiger partial charge on any atom is 0.227 e. The zero-order valence-corrected chi connectivity index (χ0v) is 13.9. The first-order valence-electron chi connectivity index (χ1n) is 6.31. The first-order valence-corrected chi connectivity index (χ1v) is 7.51. The molecule has 0 fully saturated rings. The fourth-order valence-corrected chi connectivity index (χ4v) is 2.75. The van der Waals surface area contributed by atoms with Gasteiger partial charge in [0.15, 0.2) is 5.13 Å².